The van der Waals surface area contributed by atoms with E-state index in [-0.39, 0.29) is 16.3 Å². The van der Waals surface area contributed by atoms with E-state index in [1.807, 2.05) is 20.8 Å². The van der Waals surface area contributed by atoms with Gasteiger partial charge in [0, 0.05) is 16.5 Å². The Bertz CT molecular complexity index is 946. The first kappa shape index (κ1) is 20.4. The van der Waals surface area contributed by atoms with Crippen LogP contribution in [0.25, 0.3) is 0 Å². The number of amides is 1. The van der Waals surface area contributed by atoms with E-state index < -0.39 is 31.2 Å². The van der Waals surface area contributed by atoms with Crippen LogP contribution in [-0.2, 0) is 20.0 Å². The van der Waals surface area contributed by atoms with Crippen molar-refractivity contribution in [1.29, 1.82) is 0 Å². The van der Waals surface area contributed by atoms with Gasteiger partial charge in [0.1, 0.15) is 21.2 Å². The summed E-state index contributed by atoms with van der Waals surface area (Å²) in [6.07, 6.45) is 0. The Hall–Kier alpha value is -1.93. The molecule has 0 bridgehead atoms. The second-order valence-electron chi connectivity index (χ2n) is 7.37. The zero-order valence-electron chi connectivity index (χ0n) is 15.1. The molecule has 142 valence electrons. The van der Waals surface area contributed by atoms with Gasteiger partial charge in [0.05, 0.1) is 0 Å². The lowest BCUT2D eigenvalue weighted by atomic mass is 9.93. The minimum absolute atomic E-state index is 0.0565. The van der Waals surface area contributed by atoms with E-state index in [9.17, 15) is 17.6 Å². The third-order valence-electron chi connectivity index (χ3n) is 3.89. The van der Waals surface area contributed by atoms with Gasteiger partial charge in [-0.1, -0.05) is 37.5 Å². The summed E-state index contributed by atoms with van der Waals surface area (Å²) < 4.78 is 42.9. The molecule has 1 amide bonds. The monoisotopic (exact) mass is 402 g/mol. The average Bonchev–Trinajstić information content (AvgIpc) is 2.95. The lowest BCUT2D eigenvalue weighted by Crippen LogP contribution is -2.44. The van der Waals surface area contributed by atoms with Gasteiger partial charge < -0.3 is 9.84 Å². The highest BCUT2D eigenvalue weighted by Gasteiger charge is 2.44. The van der Waals surface area contributed by atoms with Crippen molar-refractivity contribution in [3.8, 4) is 0 Å². The molecule has 1 aromatic carbocycles. The Morgan fingerprint density at radius 3 is 2.31 bits per heavy atom. The van der Waals surface area contributed by atoms with E-state index in [0.29, 0.717) is 5.76 Å². The van der Waals surface area contributed by atoms with Crippen LogP contribution < -0.4 is 5.32 Å². The molecule has 1 heterocycles. The second-order valence-corrected chi connectivity index (χ2v) is 10.3. The highest BCUT2D eigenvalue weighted by atomic mass is 35.5. The summed E-state index contributed by atoms with van der Waals surface area (Å²) in [4.78, 5) is 12.0. The molecule has 0 aliphatic rings. The molecule has 6 nitrogen and oxygen atoms in total. The number of sulfone groups is 1. The summed E-state index contributed by atoms with van der Waals surface area (Å²) >= 11 is 5.66. The van der Waals surface area contributed by atoms with Crippen LogP contribution in [0.1, 0.15) is 40.4 Å². The second kappa shape index (κ2) is 6.66. The fourth-order valence-electron chi connectivity index (χ4n) is 2.04. The van der Waals surface area contributed by atoms with E-state index in [1.165, 1.54) is 26.0 Å². The van der Waals surface area contributed by atoms with Crippen molar-refractivity contribution in [3.63, 3.8) is 0 Å². The number of nitrogens with zero attached hydrogens (tertiary/aromatic N) is 1. The quantitative estimate of drug-likeness (QED) is 0.836. The molecule has 0 unspecified atom stereocenters. The van der Waals surface area contributed by atoms with Gasteiger partial charge in [-0.3, -0.25) is 4.79 Å². The molecular formula is C17H20ClFN2O4S. The van der Waals surface area contributed by atoms with Gasteiger partial charge in [0.2, 0.25) is 5.91 Å². The van der Waals surface area contributed by atoms with Gasteiger partial charge in [-0.2, -0.15) is 0 Å². The molecule has 26 heavy (non-hydrogen) atoms. The molecule has 2 aromatic rings. The van der Waals surface area contributed by atoms with Gasteiger partial charge >= 0.3 is 0 Å². The molecule has 1 N–H and O–H groups in total. The molecule has 2 rings (SSSR count). The molecule has 0 saturated heterocycles. The van der Waals surface area contributed by atoms with E-state index in [1.54, 1.807) is 0 Å². The maximum atomic E-state index is 14.1. The first-order valence-electron chi connectivity index (χ1n) is 7.75. The van der Waals surface area contributed by atoms with E-state index >= 15 is 0 Å². The SMILES string of the molecule is CC(C)(C)c1cc(NC(=O)C(C)(C)S(=O)(=O)c2ccc(Cl)cc2F)no1. The fraction of sp³-hybridized carbons (Fsp3) is 0.412. The van der Waals surface area contributed by atoms with Crippen molar-refractivity contribution < 1.29 is 22.1 Å². The van der Waals surface area contributed by atoms with Gasteiger partial charge in [0.25, 0.3) is 0 Å². The summed E-state index contributed by atoms with van der Waals surface area (Å²) in [5.74, 6) is -1.27. The highest BCUT2D eigenvalue weighted by Crippen LogP contribution is 2.30. The van der Waals surface area contributed by atoms with Crippen LogP contribution in [0, 0.1) is 5.82 Å². The molecule has 0 aliphatic carbocycles. The number of nitrogens with one attached hydrogen (secondary N) is 1. The number of anilines is 1. The Kier molecular flexibility index (Phi) is 5.22. The highest BCUT2D eigenvalue weighted by molar-refractivity contribution is 7.93. The van der Waals surface area contributed by atoms with Crippen molar-refractivity contribution in [2.45, 2.75) is 49.7 Å². The minimum atomic E-state index is -4.33. The lowest BCUT2D eigenvalue weighted by molar-refractivity contribution is -0.117. The van der Waals surface area contributed by atoms with Gasteiger partial charge in [-0.15, -0.1) is 0 Å². The molecule has 1 aromatic heterocycles. The number of carbonyl (C=O) groups excluding carboxylic acids is 1. The molecule has 0 spiro atoms. The maximum absolute atomic E-state index is 14.1. The van der Waals surface area contributed by atoms with Gasteiger partial charge in [-0.25, -0.2) is 12.8 Å². The van der Waals surface area contributed by atoms with Crippen molar-refractivity contribution in [1.82, 2.24) is 5.16 Å². The number of hydrogen-bond donors (Lipinski definition) is 1. The molecule has 0 radical (unpaired) electrons. The van der Waals surface area contributed by atoms with E-state index in [4.69, 9.17) is 16.1 Å². The predicted molar refractivity (Wildman–Crippen MR) is 96.5 cm³/mol. The summed E-state index contributed by atoms with van der Waals surface area (Å²) in [6, 6.07) is 4.69. The van der Waals surface area contributed by atoms with Crippen LogP contribution >= 0.6 is 11.6 Å². The van der Waals surface area contributed by atoms with Crippen LogP contribution in [0.4, 0.5) is 10.2 Å². The number of halogens is 2. The van der Waals surface area contributed by atoms with Crippen molar-refractivity contribution in [2.24, 2.45) is 0 Å². The van der Waals surface area contributed by atoms with Crippen LogP contribution in [0.5, 0.6) is 0 Å². The Morgan fingerprint density at radius 2 is 1.81 bits per heavy atom. The molecular weight excluding hydrogens is 383 g/mol. The van der Waals surface area contributed by atoms with Crippen LogP contribution in [-0.4, -0.2) is 24.2 Å². The molecule has 0 saturated carbocycles. The van der Waals surface area contributed by atoms with Crippen LogP contribution in [0.3, 0.4) is 0 Å². The van der Waals surface area contributed by atoms with Gasteiger partial charge in [-0.05, 0) is 32.0 Å². The Balaban J connectivity index is 2.33. The van der Waals surface area contributed by atoms with E-state index in [2.05, 4.69) is 10.5 Å². The molecule has 0 aliphatic heterocycles. The normalized spacial score (nSPS) is 12.9. The summed E-state index contributed by atoms with van der Waals surface area (Å²) in [5, 5.41) is 6.19. The first-order chi connectivity index (χ1) is 11.8. The van der Waals surface area contributed by atoms with Crippen molar-refractivity contribution in [3.05, 3.63) is 40.9 Å². The Morgan fingerprint density at radius 1 is 1.19 bits per heavy atom. The number of aromatic nitrogens is 1. The zero-order chi connectivity index (χ0) is 19.9. The number of rotatable bonds is 4. The summed E-state index contributed by atoms with van der Waals surface area (Å²) in [5.41, 5.74) is -0.329. The van der Waals surface area contributed by atoms with Crippen molar-refractivity contribution in [2.75, 3.05) is 5.32 Å². The average molecular weight is 403 g/mol. The molecule has 0 fully saturated rings. The lowest BCUT2D eigenvalue weighted by Gasteiger charge is -2.23. The molecule has 9 heteroatoms. The largest absolute Gasteiger partial charge is 0.359 e. The van der Waals surface area contributed by atoms with Gasteiger partial charge in [0.15, 0.2) is 15.7 Å². The fourth-order valence-corrected chi connectivity index (χ4v) is 3.61. The minimum Gasteiger partial charge on any atom is -0.359 e. The zero-order valence-corrected chi connectivity index (χ0v) is 16.6. The van der Waals surface area contributed by atoms with E-state index in [0.717, 1.165) is 12.1 Å². The molecule has 0 atom stereocenters. The summed E-state index contributed by atoms with van der Waals surface area (Å²) in [6.45, 7) is 8.08. The van der Waals surface area contributed by atoms with Crippen LogP contribution in [0.15, 0.2) is 33.7 Å². The number of hydrogen-bond acceptors (Lipinski definition) is 5. The Labute approximate surface area is 156 Å². The van der Waals surface area contributed by atoms with Crippen LogP contribution in [0.2, 0.25) is 5.02 Å². The number of carbonyl (C=O) groups is 1. The third kappa shape index (κ3) is 3.76. The third-order valence-corrected chi connectivity index (χ3v) is 6.57. The summed E-state index contributed by atoms with van der Waals surface area (Å²) in [7, 11) is -4.33. The maximum Gasteiger partial charge on any atom is 0.246 e. The standard InChI is InChI=1S/C17H20ClFN2O4S/c1-16(2,3)13-9-14(21-25-13)20-15(22)17(4,5)26(23,24)12-7-6-10(18)8-11(12)19/h6-9H,1-5H3,(H,20,21,22). The predicted octanol–water partition coefficient (Wildman–Crippen LogP) is 3.96. The number of benzene rings is 1. The van der Waals surface area contributed by atoms with Crippen molar-refractivity contribution >= 4 is 33.2 Å². The first-order valence-corrected chi connectivity index (χ1v) is 9.61. The topological polar surface area (TPSA) is 89.3 Å². The smallest absolute Gasteiger partial charge is 0.246 e.